The molecule has 1 aromatic heterocycles. The number of nitrogens with zero attached hydrogens (tertiary/aromatic N) is 1. The molecule has 166 valence electrons. The second kappa shape index (κ2) is 16.0. The van der Waals surface area contributed by atoms with E-state index >= 15 is 0 Å². The van der Waals surface area contributed by atoms with Gasteiger partial charge in [-0.1, -0.05) is 13.8 Å². The molecule has 1 amide bonds. The quantitative estimate of drug-likeness (QED) is 0.225. The van der Waals surface area contributed by atoms with Crippen LogP contribution in [-0.4, -0.2) is 104 Å². The molecule has 12 heteroatoms. The Hall–Kier alpha value is -0.720. The van der Waals surface area contributed by atoms with Gasteiger partial charge in [0.25, 0.3) is 0 Å². The van der Waals surface area contributed by atoms with Gasteiger partial charge in [0.2, 0.25) is 5.91 Å². The Labute approximate surface area is 205 Å². The van der Waals surface area contributed by atoms with Crippen LogP contribution in [0.5, 0.6) is 5.75 Å². The first-order valence-corrected chi connectivity index (χ1v) is 8.18. The molecule has 7 N–H and O–H groups in total. The number of aromatic nitrogens is 1. The van der Waals surface area contributed by atoms with E-state index in [0.717, 1.165) is 0 Å². The summed E-state index contributed by atoms with van der Waals surface area (Å²) in [5.74, 6) is -1.73. The van der Waals surface area contributed by atoms with E-state index in [1.165, 1.54) is 20.0 Å². The number of carbonyl (C=O) groups is 2. The average molecular weight is 467 g/mol. The summed E-state index contributed by atoms with van der Waals surface area (Å²) in [6, 6.07) is 0. The van der Waals surface area contributed by atoms with Gasteiger partial charge in [0.1, 0.15) is 11.9 Å². The fraction of sp³-hybridized carbons (Fsp3) is 0.588. The number of rotatable bonds is 8. The van der Waals surface area contributed by atoms with Crippen molar-refractivity contribution < 1.29 is 40.2 Å². The van der Waals surface area contributed by atoms with Gasteiger partial charge in [0.15, 0.2) is 0 Å². The number of nitrogens with one attached hydrogen (secondary N) is 1. The monoisotopic (exact) mass is 466 g/mol. The van der Waals surface area contributed by atoms with E-state index in [4.69, 9.17) is 20.4 Å². The van der Waals surface area contributed by atoms with Gasteiger partial charge in [-0.2, -0.15) is 0 Å². The Balaban J connectivity index is -0.000000444. The van der Waals surface area contributed by atoms with Crippen LogP contribution in [-0.2, 0) is 22.8 Å². The molecule has 0 aliphatic carbocycles. The van der Waals surface area contributed by atoms with E-state index in [0.29, 0.717) is 16.8 Å². The van der Waals surface area contributed by atoms with Crippen molar-refractivity contribution in [3.05, 3.63) is 23.0 Å². The summed E-state index contributed by atoms with van der Waals surface area (Å²) in [4.78, 5) is 25.3. The maximum absolute atomic E-state index is 11.3. The number of hydrogen-bond acceptors (Lipinski definition) is 8. The van der Waals surface area contributed by atoms with Crippen molar-refractivity contribution in [3.8, 4) is 5.75 Å². The van der Waals surface area contributed by atoms with Gasteiger partial charge in [-0.05, 0) is 6.92 Å². The van der Waals surface area contributed by atoms with Gasteiger partial charge >= 0.3 is 43.7 Å². The minimum absolute atomic E-state index is 0. The number of hydrogen-bond donors (Lipinski definition) is 7. The number of halogens is 1. The van der Waals surface area contributed by atoms with E-state index in [-0.39, 0.29) is 88.7 Å². The van der Waals surface area contributed by atoms with Gasteiger partial charge in [0, 0.05) is 29.3 Å². The predicted molar refractivity (Wildman–Crippen MR) is 110 cm³/mol. The summed E-state index contributed by atoms with van der Waals surface area (Å²) >= 11 is 0. The number of aromatic hydroxyl groups is 1. The van der Waals surface area contributed by atoms with Crippen LogP contribution in [0, 0.1) is 12.3 Å². The molecule has 0 saturated heterocycles. The van der Waals surface area contributed by atoms with Crippen LogP contribution in [0.2, 0.25) is 0 Å². The summed E-state index contributed by atoms with van der Waals surface area (Å²) < 4.78 is 0. The van der Waals surface area contributed by atoms with Gasteiger partial charge in [-0.3, -0.25) is 14.6 Å². The van der Waals surface area contributed by atoms with Crippen LogP contribution < -0.4 is 5.32 Å². The van der Waals surface area contributed by atoms with Crippen LogP contribution >= 0.6 is 12.4 Å². The van der Waals surface area contributed by atoms with Crippen molar-refractivity contribution in [2.45, 2.75) is 46.5 Å². The molecule has 0 unspecified atom stereocenters. The van der Waals surface area contributed by atoms with E-state index in [1.807, 2.05) is 0 Å². The number of aliphatic hydroxyl groups is 4. The molecule has 0 fully saturated rings. The Morgan fingerprint density at radius 3 is 2.17 bits per heavy atom. The van der Waals surface area contributed by atoms with Crippen molar-refractivity contribution in [2.75, 3.05) is 13.2 Å². The standard InChI is InChI=1S/C9H17NO5.C8H11NO3.Ca.ClH.2H/c1-9(2,5-11)7(14)8(15)10-4-3-6(12)13;1-5-8(12)7(4-11)6(3-10)2-9-5;;;;/h7,11,14H,3-5H2,1-2H3,(H,10,15)(H,12,13);2,10-12H,3-4H2,1H3;;1H;;/t7-;;;;;/m0...../s1. The average Bonchev–Trinajstić information content (AvgIpc) is 2.63. The summed E-state index contributed by atoms with van der Waals surface area (Å²) in [7, 11) is 0. The number of pyridine rings is 1. The van der Waals surface area contributed by atoms with Gasteiger partial charge in [0.05, 0.1) is 31.9 Å². The molecule has 0 aromatic carbocycles. The van der Waals surface area contributed by atoms with Crippen molar-refractivity contribution >= 4 is 62.0 Å². The topological polar surface area (TPSA) is 180 Å². The van der Waals surface area contributed by atoms with Crippen LogP contribution in [0.25, 0.3) is 0 Å². The Morgan fingerprint density at radius 1 is 1.21 bits per heavy atom. The molecule has 29 heavy (non-hydrogen) atoms. The number of carbonyl (C=O) groups excluding carboxylic acids is 1. The molecule has 0 bridgehead atoms. The molecule has 0 spiro atoms. The van der Waals surface area contributed by atoms with Crippen LogP contribution in [0.4, 0.5) is 0 Å². The first kappa shape index (κ1) is 32.9. The van der Waals surface area contributed by atoms with Gasteiger partial charge in [-0.15, -0.1) is 12.4 Å². The fourth-order valence-electron chi connectivity index (χ4n) is 1.83. The van der Waals surface area contributed by atoms with Crippen molar-refractivity contribution in [3.63, 3.8) is 0 Å². The van der Waals surface area contributed by atoms with Crippen molar-refractivity contribution in [2.24, 2.45) is 5.41 Å². The van der Waals surface area contributed by atoms with E-state index < -0.39 is 23.4 Å². The molecule has 1 aromatic rings. The van der Waals surface area contributed by atoms with Crippen LogP contribution in [0.3, 0.4) is 0 Å². The third-order valence-corrected chi connectivity index (χ3v) is 3.79. The first-order valence-electron chi connectivity index (χ1n) is 8.18. The van der Waals surface area contributed by atoms with Gasteiger partial charge < -0.3 is 36.0 Å². The fourth-order valence-corrected chi connectivity index (χ4v) is 1.83. The summed E-state index contributed by atoms with van der Waals surface area (Å²) in [6.07, 6.45) is -0.102. The third kappa shape index (κ3) is 11.3. The Bertz CT molecular complexity index is 646. The summed E-state index contributed by atoms with van der Waals surface area (Å²) in [5.41, 5.74) is 0.328. The molecule has 1 heterocycles. The number of carboxylic acid groups (broad SMARTS) is 1. The SMILES string of the molecule is CC(C)(CO)[C@@H](O)C(=O)NCCC(=O)O.Cc1ncc(CO)c(CO)c1O.Cl.[CaH2]. The molecule has 10 nitrogen and oxygen atoms in total. The number of aliphatic hydroxyl groups excluding tert-OH is 4. The number of amides is 1. The molecular formula is C17H31CaClN2O8. The summed E-state index contributed by atoms with van der Waals surface area (Å²) in [5, 5.41) is 56.0. The van der Waals surface area contributed by atoms with E-state index in [2.05, 4.69) is 10.3 Å². The summed E-state index contributed by atoms with van der Waals surface area (Å²) in [6.45, 7) is 3.83. The molecule has 0 aliphatic rings. The molecule has 0 aliphatic heterocycles. The molecule has 1 rings (SSSR count). The molecule has 0 radical (unpaired) electrons. The first-order chi connectivity index (χ1) is 12.5. The third-order valence-electron chi connectivity index (χ3n) is 3.79. The zero-order valence-corrected chi connectivity index (χ0v) is 16.9. The molecule has 0 saturated carbocycles. The number of aryl methyl sites for hydroxylation is 1. The van der Waals surface area contributed by atoms with Crippen molar-refractivity contribution in [1.82, 2.24) is 10.3 Å². The Kier molecular flexibility index (Phi) is 18.2. The zero-order valence-electron chi connectivity index (χ0n) is 16.0. The minimum atomic E-state index is -1.35. The second-order valence-corrected chi connectivity index (χ2v) is 6.50. The van der Waals surface area contributed by atoms with E-state index in [1.54, 1.807) is 6.92 Å². The van der Waals surface area contributed by atoms with E-state index in [9.17, 15) is 19.8 Å². The number of carboxylic acids is 1. The second-order valence-electron chi connectivity index (χ2n) is 6.50. The predicted octanol–water partition coefficient (Wildman–Crippen LogP) is -1.46. The van der Waals surface area contributed by atoms with Gasteiger partial charge in [-0.25, -0.2) is 0 Å². The zero-order chi connectivity index (χ0) is 21.2. The number of aliphatic carboxylic acids is 1. The van der Waals surface area contributed by atoms with Crippen molar-refractivity contribution in [1.29, 1.82) is 0 Å². The molecular weight excluding hydrogens is 436 g/mol. The maximum atomic E-state index is 11.3. The normalized spacial score (nSPS) is 11.1. The molecule has 1 atom stereocenters. The van der Waals surface area contributed by atoms with Crippen LogP contribution in [0.15, 0.2) is 6.20 Å². The Morgan fingerprint density at radius 2 is 1.76 bits per heavy atom. The van der Waals surface area contributed by atoms with Crippen LogP contribution in [0.1, 0.15) is 37.1 Å².